The zero-order valence-corrected chi connectivity index (χ0v) is 8.93. The summed E-state index contributed by atoms with van der Waals surface area (Å²) in [4.78, 5) is 14.2. The lowest BCUT2D eigenvalue weighted by Gasteiger charge is -1.82. The van der Waals surface area contributed by atoms with E-state index in [-0.39, 0.29) is 24.8 Å². The zero-order chi connectivity index (χ0) is 8.69. The molecule has 7 heteroatoms. The molecular formula is C6H10Cl2O4P. The van der Waals surface area contributed by atoms with Crippen LogP contribution in [0.25, 0.3) is 0 Å². The Morgan fingerprint density at radius 2 is 1.31 bits per heavy atom. The smallest absolute Gasteiger partial charge is 0.363 e. The van der Waals surface area contributed by atoms with Crippen molar-refractivity contribution in [1.82, 2.24) is 0 Å². The number of phenols is 1. The van der Waals surface area contributed by atoms with E-state index in [1.807, 2.05) is 6.07 Å². The van der Waals surface area contributed by atoms with Crippen LogP contribution in [0.1, 0.15) is 0 Å². The molecule has 0 unspecified atom stereocenters. The van der Waals surface area contributed by atoms with Gasteiger partial charge in [0.15, 0.2) is 0 Å². The van der Waals surface area contributed by atoms with E-state index in [1.54, 1.807) is 24.3 Å². The molecule has 0 atom stereocenters. The first-order chi connectivity index (χ1) is 5.13. The highest BCUT2D eigenvalue weighted by Gasteiger charge is 1.74. The quantitative estimate of drug-likeness (QED) is 0.612. The molecule has 0 aliphatic heterocycles. The molecule has 1 aromatic carbocycles. The van der Waals surface area contributed by atoms with Crippen molar-refractivity contribution >= 4 is 33.1 Å². The molecule has 0 heterocycles. The van der Waals surface area contributed by atoms with Crippen LogP contribution >= 0.6 is 33.1 Å². The largest absolute Gasteiger partial charge is 0.508 e. The summed E-state index contributed by atoms with van der Waals surface area (Å²) in [6.07, 6.45) is 0. The van der Waals surface area contributed by atoms with Crippen molar-refractivity contribution in [1.29, 1.82) is 0 Å². The second-order valence-electron chi connectivity index (χ2n) is 1.59. The maximum absolute atomic E-state index is 8.70. The standard InChI is InChI=1S/C6H6O.2ClH.H2O3P/c7-6-4-2-1-3-5-6;;;1-4(2)3/h1-5,7H;2*1H;(H2,1,2,3). The molecule has 4 nitrogen and oxygen atoms in total. The summed E-state index contributed by atoms with van der Waals surface area (Å²) in [6.45, 7) is 0. The van der Waals surface area contributed by atoms with Gasteiger partial charge in [0, 0.05) is 0 Å². The minimum absolute atomic E-state index is 0. The van der Waals surface area contributed by atoms with E-state index in [9.17, 15) is 0 Å². The lowest BCUT2D eigenvalue weighted by atomic mass is 10.3. The molecule has 1 radical (unpaired) electrons. The predicted molar refractivity (Wildman–Crippen MR) is 54.6 cm³/mol. The number of benzene rings is 1. The minimum Gasteiger partial charge on any atom is -0.508 e. The van der Waals surface area contributed by atoms with Gasteiger partial charge in [-0.2, -0.15) is 0 Å². The highest BCUT2D eigenvalue weighted by Crippen LogP contribution is 2.02. The highest BCUT2D eigenvalue weighted by molar-refractivity contribution is 7.30. The Hall–Kier alpha value is -0.380. The molecule has 3 N–H and O–H groups in total. The molecule has 13 heavy (non-hydrogen) atoms. The predicted octanol–water partition coefficient (Wildman–Crippen LogP) is 1.86. The average Bonchev–Trinajstić information content (AvgIpc) is 1.87. The highest BCUT2D eigenvalue weighted by atomic mass is 35.5. The number of aromatic hydroxyl groups is 1. The van der Waals surface area contributed by atoms with Crippen molar-refractivity contribution in [2.75, 3.05) is 0 Å². The summed E-state index contributed by atoms with van der Waals surface area (Å²) in [5.74, 6) is 0.322. The number of hydrogen-bond donors (Lipinski definition) is 3. The summed E-state index contributed by atoms with van der Waals surface area (Å²) in [5.41, 5.74) is 0. The number of rotatable bonds is 0. The summed E-state index contributed by atoms with van der Waals surface area (Å²) >= 11 is 0. The van der Waals surface area contributed by atoms with Crippen LogP contribution in [-0.2, 0) is 4.57 Å². The third-order valence-corrected chi connectivity index (χ3v) is 0.756. The maximum Gasteiger partial charge on any atom is 0.363 e. The molecule has 1 rings (SSSR count). The Morgan fingerprint density at radius 3 is 1.46 bits per heavy atom. The molecule has 0 amide bonds. The van der Waals surface area contributed by atoms with Gasteiger partial charge in [0.2, 0.25) is 0 Å². The van der Waals surface area contributed by atoms with Crippen molar-refractivity contribution in [2.45, 2.75) is 0 Å². The molecule has 1 aromatic rings. The first kappa shape index (κ1) is 18.4. The second-order valence-corrected chi connectivity index (χ2v) is 2.09. The van der Waals surface area contributed by atoms with E-state index < -0.39 is 8.25 Å². The SMILES string of the molecule is Cl.Cl.O=[P](O)O.Oc1ccccc1. The number of phenolic OH excluding ortho intramolecular Hbond substituents is 1. The third kappa shape index (κ3) is 18.5. The van der Waals surface area contributed by atoms with Gasteiger partial charge in [-0.1, -0.05) is 18.2 Å². The number of para-hydroxylation sites is 1. The van der Waals surface area contributed by atoms with Crippen LogP contribution in [0.4, 0.5) is 0 Å². The van der Waals surface area contributed by atoms with Gasteiger partial charge >= 0.3 is 8.25 Å². The summed E-state index contributed by atoms with van der Waals surface area (Å²) in [6, 6.07) is 8.71. The van der Waals surface area contributed by atoms with E-state index in [2.05, 4.69) is 0 Å². The maximum atomic E-state index is 8.70. The molecule has 0 saturated heterocycles. The topological polar surface area (TPSA) is 77.8 Å². The van der Waals surface area contributed by atoms with Crippen LogP contribution in [0.2, 0.25) is 0 Å². The molecule has 0 aliphatic rings. The van der Waals surface area contributed by atoms with Gasteiger partial charge in [-0.05, 0) is 12.1 Å². The minimum atomic E-state index is -2.87. The van der Waals surface area contributed by atoms with Gasteiger partial charge in [0.05, 0.1) is 0 Å². The van der Waals surface area contributed by atoms with E-state index in [1.165, 1.54) is 0 Å². The first-order valence-corrected chi connectivity index (χ1v) is 3.88. The Bertz CT molecular complexity index is 215. The van der Waals surface area contributed by atoms with Crippen molar-refractivity contribution in [3.63, 3.8) is 0 Å². The first-order valence-electron chi connectivity index (χ1n) is 2.72. The fraction of sp³-hybridized carbons (Fsp3) is 0. The molecule has 0 spiro atoms. The summed E-state index contributed by atoms with van der Waals surface area (Å²) in [5, 5.41) is 8.63. The van der Waals surface area contributed by atoms with Crippen molar-refractivity contribution in [2.24, 2.45) is 0 Å². The monoisotopic (exact) mass is 247 g/mol. The Balaban J connectivity index is -0.000000150. The Morgan fingerprint density at radius 1 is 1.00 bits per heavy atom. The average molecular weight is 248 g/mol. The summed E-state index contributed by atoms with van der Waals surface area (Å²) in [7, 11) is -2.87. The van der Waals surface area contributed by atoms with Crippen LogP contribution in [0, 0.1) is 0 Å². The normalized spacial score (nSPS) is 6.62. The molecular weight excluding hydrogens is 238 g/mol. The van der Waals surface area contributed by atoms with E-state index >= 15 is 0 Å². The third-order valence-electron chi connectivity index (χ3n) is 0.756. The van der Waals surface area contributed by atoms with Gasteiger partial charge in [-0.15, -0.1) is 24.8 Å². The van der Waals surface area contributed by atoms with Gasteiger partial charge in [0.25, 0.3) is 0 Å². The number of halogens is 2. The molecule has 0 aromatic heterocycles. The lowest BCUT2D eigenvalue weighted by Crippen LogP contribution is -1.56. The summed E-state index contributed by atoms with van der Waals surface area (Å²) < 4.78 is 8.70. The molecule has 77 valence electrons. The molecule has 0 fully saturated rings. The van der Waals surface area contributed by atoms with Crippen molar-refractivity contribution in [3.05, 3.63) is 30.3 Å². The second kappa shape index (κ2) is 11.6. The Kier molecular flexibility index (Phi) is 16.5. The fourth-order valence-corrected chi connectivity index (χ4v) is 0.428. The van der Waals surface area contributed by atoms with Crippen LogP contribution < -0.4 is 0 Å². The Labute approximate surface area is 89.0 Å². The van der Waals surface area contributed by atoms with E-state index in [0.29, 0.717) is 5.75 Å². The van der Waals surface area contributed by atoms with E-state index in [4.69, 9.17) is 19.5 Å². The zero-order valence-electron chi connectivity index (χ0n) is 6.40. The van der Waals surface area contributed by atoms with Gasteiger partial charge < -0.3 is 5.11 Å². The van der Waals surface area contributed by atoms with Gasteiger partial charge in [-0.3, -0.25) is 9.79 Å². The van der Waals surface area contributed by atoms with Crippen LogP contribution in [0.15, 0.2) is 30.3 Å². The van der Waals surface area contributed by atoms with Crippen LogP contribution in [0.3, 0.4) is 0 Å². The van der Waals surface area contributed by atoms with E-state index in [0.717, 1.165) is 0 Å². The van der Waals surface area contributed by atoms with Gasteiger partial charge in [0.1, 0.15) is 5.75 Å². The molecule has 0 saturated carbocycles. The van der Waals surface area contributed by atoms with Crippen molar-refractivity contribution < 1.29 is 19.5 Å². The molecule has 0 aliphatic carbocycles. The van der Waals surface area contributed by atoms with Crippen LogP contribution in [0.5, 0.6) is 5.75 Å². The molecule has 0 bridgehead atoms. The lowest BCUT2D eigenvalue weighted by molar-refractivity contribution is 0.405. The number of hydrogen-bond acceptors (Lipinski definition) is 2. The fourth-order valence-electron chi connectivity index (χ4n) is 0.428. The van der Waals surface area contributed by atoms with Crippen molar-refractivity contribution in [3.8, 4) is 5.75 Å². The van der Waals surface area contributed by atoms with Gasteiger partial charge in [-0.25, -0.2) is 4.57 Å². The van der Waals surface area contributed by atoms with Crippen LogP contribution in [-0.4, -0.2) is 14.9 Å².